The van der Waals surface area contributed by atoms with Crippen LogP contribution in [-0.2, 0) is 0 Å². The zero-order valence-corrected chi connectivity index (χ0v) is 17.9. The molecule has 0 aliphatic heterocycles. The van der Waals surface area contributed by atoms with Gasteiger partial charge in [-0.1, -0.05) is 118 Å². The molecule has 0 rings (SSSR count). The SMILES string of the molecule is CC(C)([Si])CCCCCCCCCCCCCCC(C)(C)[Si]. The molecule has 0 amide bonds. The van der Waals surface area contributed by atoms with Gasteiger partial charge in [0.25, 0.3) is 0 Å². The van der Waals surface area contributed by atoms with E-state index in [2.05, 4.69) is 48.2 Å². The second-order valence-electron chi connectivity index (χ2n) is 8.51. The molecule has 0 atom stereocenters. The van der Waals surface area contributed by atoms with E-state index in [1.807, 2.05) is 0 Å². The molecule has 0 aliphatic carbocycles. The Hall–Kier alpha value is 0.434. The highest BCUT2D eigenvalue weighted by Crippen LogP contribution is 2.27. The molecule has 22 heavy (non-hydrogen) atoms. The monoisotopic (exact) mass is 336 g/mol. The fraction of sp³-hybridized carbons (Fsp3) is 1.00. The number of hydrogen-bond donors (Lipinski definition) is 0. The van der Waals surface area contributed by atoms with Gasteiger partial charge in [0.1, 0.15) is 0 Å². The summed E-state index contributed by atoms with van der Waals surface area (Å²) in [5.41, 5.74) is 0. The molecule has 0 aromatic rings. The fourth-order valence-corrected chi connectivity index (χ4v) is 3.26. The Morgan fingerprint density at radius 3 is 0.773 bits per heavy atom. The smallest absolute Gasteiger partial charge is 0.0305 e. The van der Waals surface area contributed by atoms with Crippen LogP contribution in [0.25, 0.3) is 0 Å². The molecule has 0 unspecified atom stereocenters. The van der Waals surface area contributed by atoms with Gasteiger partial charge >= 0.3 is 0 Å². The van der Waals surface area contributed by atoms with E-state index in [4.69, 9.17) is 0 Å². The first-order valence-corrected chi connectivity index (χ1v) is 10.7. The van der Waals surface area contributed by atoms with Crippen LogP contribution in [0.2, 0.25) is 10.1 Å². The number of unbranched alkanes of at least 4 members (excludes halogenated alkanes) is 11. The van der Waals surface area contributed by atoms with Crippen LogP contribution >= 0.6 is 0 Å². The molecule has 0 N–H and O–H groups in total. The second-order valence-corrected chi connectivity index (χ2v) is 11.2. The number of rotatable bonds is 15. The van der Waals surface area contributed by atoms with Gasteiger partial charge < -0.3 is 0 Å². The molecule has 0 spiro atoms. The lowest BCUT2D eigenvalue weighted by atomic mass is 10.0. The van der Waals surface area contributed by atoms with Gasteiger partial charge in [0.05, 0.1) is 0 Å². The van der Waals surface area contributed by atoms with Gasteiger partial charge in [-0.3, -0.25) is 0 Å². The molecule has 0 aromatic carbocycles. The summed E-state index contributed by atoms with van der Waals surface area (Å²) >= 11 is 0. The minimum Gasteiger partial charge on any atom is -0.0631 e. The molecular formula is C20H40Si2. The van der Waals surface area contributed by atoms with E-state index >= 15 is 0 Å². The summed E-state index contributed by atoms with van der Waals surface area (Å²) in [5.74, 6) is 0. The quantitative estimate of drug-likeness (QED) is 0.219. The predicted octanol–water partition coefficient (Wildman–Crippen LogP) is 7.18. The third-order valence-electron chi connectivity index (χ3n) is 4.35. The molecule has 0 saturated carbocycles. The van der Waals surface area contributed by atoms with Crippen molar-refractivity contribution in [2.75, 3.05) is 0 Å². The van der Waals surface area contributed by atoms with E-state index < -0.39 is 0 Å². The van der Waals surface area contributed by atoms with Gasteiger partial charge in [0.2, 0.25) is 0 Å². The van der Waals surface area contributed by atoms with Crippen molar-refractivity contribution >= 4 is 20.5 Å². The lowest BCUT2D eigenvalue weighted by Crippen LogP contribution is -2.01. The highest BCUT2D eigenvalue weighted by Gasteiger charge is 2.09. The van der Waals surface area contributed by atoms with Gasteiger partial charge in [0, 0.05) is 20.5 Å². The van der Waals surface area contributed by atoms with Crippen LogP contribution < -0.4 is 0 Å². The van der Waals surface area contributed by atoms with E-state index in [-0.39, 0.29) is 0 Å². The van der Waals surface area contributed by atoms with Crippen molar-refractivity contribution in [3.05, 3.63) is 0 Å². The first-order chi connectivity index (χ1) is 10.2. The lowest BCUT2D eigenvalue weighted by Gasteiger charge is -2.17. The molecular weight excluding hydrogens is 296 g/mol. The van der Waals surface area contributed by atoms with Crippen molar-refractivity contribution < 1.29 is 0 Å². The van der Waals surface area contributed by atoms with Crippen molar-refractivity contribution in [2.45, 2.75) is 128 Å². The van der Waals surface area contributed by atoms with E-state index in [0.717, 1.165) is 0 Å². The molecule has 0 nitrogen and oxygen atoms in total. The van der Waals surface area contributed by atoms with Crippen molar-refractivity contribution in [1.82, 2.24) is 0 Å². The number of hydrogen-bond acceptors (Lipinski definition) is 0. The normalized spacial score (nSPS) is 12.8. The molecule has 0 saturated heterocycles. The average Bonchev–Trinajstić information content (AvgIpc) is 2.36. The zero-order chi connectivity index (χ0) is 16.9. The topological polar surface area (TPSA) is 0 Å². The Balaban J connectivity index is 3.09. The van der Waals surface area contributed by atoms with Crippen LogP contribution in [-0.4, -0.2) is 20.5 Å². The van der Waals surface area contributed by atoms with E-state index in [0.29, 0.717) is 10.1 Å². The van der Waals surface area contributed by atoms with Gasteiger partial charge in [0.15, 0.2) is 0 Å². The van der Waals surface area contributed by atoms with Crippen molar-refractivity contribution in [3.63, 3.8) is 0 Å². The van der Waals surface area contributed by atoms with Crippen LogP contribution in [0.4, 0.5) is 0 Å². The highest BCUT2D eigenvalue weighted by molar-refractivity contribution is 6.14. The maximum Gasteiger partial charge on any atom is 0.0305 e. The summed E-state index contributed by atoms with van der Waals surface area (Å²) in [7, 11) is 7.54. The Labute approximate surface area is 148 Å². The molecule has 128 valence electrons. The van der Waals surface area contributed by atoms with Crippen LogP contribution in [0.1, 0.15) is 118 Å². The summed E-state index contributed by atoms with van der Waals surface area (Å²) in [6.45, 7) is 9.07. The van der Waals surface area contributed by atoms with Gasteiger partial charge in [-0.2, -0.15) is 0 Å². The molecule has 0 bridgehead atoms. The Morgan fingerprint density at radius 2 is 0.591 bits per heavy atom. The maximum absolute atomic E-state index is 3.77. The Morgan fingerprint density at radius 1 is 0.409 bits per heavy atom. The van der Waals surface area contributed by atoms with Crippen molar-refractivity contribution in [2.24, 2.45) is 0 Å². The standard InChI is InChI=1S/C20H40Si2/c1-19(2,21)17-15-13-11-9-7-5-6-8-10-12-14-16-18-20(3,4)22/h5-18H2,1-4H3. The predicted molar refractivity (Wildman–Crippen MR) is 104 cm³/mol. The van der Waals surface area contributed by atoms with E-state index in [1.165, 1.54) is 89.9 Å². The van der Waals surface area contributed by atoms with E-state index in [9.17, 15) is 0 Å². The summed E-state index contributed by atoms with van der Waals surface area (Å²) < 4.78 is 0. The third kappa shape index (κ3) is 20.4. The minimum absolute atomic E-state index is 0.337. The largest absolute Gasteiger partial charge is 0.0631 e. The van der Waals surface area contributed by atoms with Gasteiger partial charge in [-0.15, -0.1) is 0 Å². The van der Waals surface area contributed by atoms with Crippen LogP contribution in [0.3, 0.4) is 0 Å². The lowest BCUT2D eigenvalue weighted by molar-refractivity contribution is 0.504. The summed E-state index contributed by atoms with van der Waals surface area (Å²) in [5, 5.41) is 0.675. The zero-order valence-electron chi connectivity index (χ0n) is 15.9. The third-order valence-corrected chi connectivity index (χ3v) is 4.85. The average molecular weight is 337 g/mol. The minimum atomic E-state index is 0.337. The van der Waals surface area contributed by atoms with Crippen molar-refractivity contribution in [1.29, 1.82) is 0 Å². The first kappa shape index (κ1) is 22.4. The summed E-state index contributed by atoms with van der Waals surface area (Å²) in [6, 6.07) is 0. The van der Waals surface area contributed by atoms with Crippen LogP contribution in [0.5, 0.6) is 0 Å². The Bertz CT molecular complexity index is 209. The summed E-state index contributed by atoms with van der Waals surface area (Å²) in [4.78, 5) is 0. The molecule has 0 aromatic heterocycles. The molecule has 0 heterocycles. The molecule has 2 heteroatoms. The Kier molecular flexibility index (Phi) is 13.1. The summed E-state index contributed by atoms with van der Waals surface area (Å²) in [6.07, 6.45) is 19.8. The molecule has 0 aliphatic rings. The van der Waals surface area contributed by atoms with Crippen molar-refractivity contribution in [3.8, 4) is 0 Å². The molecule has 6 radical (unpaired) electrons. The first-order valence-electron chi connectivity index (χ1n) is 9.71. The fourth-order valence-electron chi connectivity index (χ4n) is 2.90. The highest BCUT2D eigenvalue weighted by atomic mass is 28.1. The van der Waals surface area contributed by atoms with Crippen LogP contribution in [0, 0.1) is 0 Å². The van der Waals surface area contributed by atoms with Crippen LogP contribution in [0.15, 0.2) is 0 Å². The van der Waals surface area contributed by atoms with Gasteiger partial charge in [-0.05, 0) is 10.1 Å². The molecule has 0 fully saturated rings. The second kappa shape index (κ2) is 12.8. The van der Waals surface area contributed by atoms with E-state index in [1.54, 1.807) is 0 Å². The van der Waals surface area contributed by atoms with Gasteiger partial charge in [-0.25, -0.2) is 0 Å². The maximum atomic E-state index is 3.77.